The molecule has 1 aromatic heterocycles. The van der Waals surface area contributed by atoms with E-state index in [0.29, 0.717) is 13.2 Å². The Kier molecular flexibility index (Phi) is 6.00. The van der Waals surface area contributed by atoms with E-state index in [9.17, 15) is 0 Å². The van der Waals surface area contributed by atoms with Crippen molar-refractivity contribution in [2.75, 3.05) is 33.4 Å². The normalized spacial score (nSPS) is 11.0. The van der Waals surface area contributed by atoms with Gasteiger partial charge >= 0.3 is 0 Å². The Bertz CT molecular complexity index is 305. The van der Waals surface area contributed by atoms with Crippen LogP contribution in [0, 0.1) is 6.92 Å². The van der Waals surface area contributed by atoms with Gasteiger partial charge in [-0.15, -0.1) is 0 Å². The SMILES string of the molecule is COCCN(CCO)Cc1ncccc1C. The number of nitrogens with zero attached hydrogens (tertiary/aromatic N) is 2. The number of aliphatic hydroxyl groups excluding tert-OH is 1. The fourth-order valence-electron chi connectivity index (χ4n) is 1.53. The van der Waals surface area contributed by atoms with Gasteiger partial charge in [0, 0.05) is 32.9 Å². The number of aromatic nitrogens is 1. The molecule has 0 spiro atoms. The minimum Gasteiger partial charge on any atom is -0.395 e. The van der Waals surface area contributed by atoms with E-state index >= 15 is 0 Å². The van der Waals surface area contributed by atoms with Gasteiger partial charge in [-0.3, -0.25) is 9.88 Å². The summed E-state index contributed by atoms with van der Waals surface area (Å²) in [5.41, 5.74) is 2.25. The molecule has 0 aliphatic rings. The Morgan fingerprint density at radius 3 is 2.88 bits per heavy atom. The standard InChI is InChI=1S/C12H20N2O2/c1-11-4-3-5-13-12(11)10-14(6-8-15)7-9-16-2/h3-5,15H,6-10H2,1-2H3. The first kappa shape index (κ1) is 13.1. The monoisotopic (exact) mass is 224 g/mol. The van der Waals surface area contributed by atoms with Gasteiger partial charge in [-0.1, -0.05) is 6.07 Å². The molecular formula is C12H20N2O2. The van der Waals surface area contributed by atoms with Crippen LogP contribution in [0.2, 0.25) is 0 Å². The fraction of sp³-hybridized carbons (Fsp3) is 0.583. The van der Waals surface area contributed by atoms with Crippen molar-refractivity contribution < 1.29 is 9.84 Å². The smallest absolute Gasteiger partial charge is 0.0589 e. The molecule has 0 atom stereocenters. The first-order valence-corrected chi connectivity index (χ1v) is 5.50. The van der Waals surface area contributed by atoms with Crippen LogP contribution in [0.25, 0.3) is 0 Å². The number of methoxy groups -OCH3 is 1. The molecule has 0 saturated carbocycles. The molecule has 90 valence electrons. The molecule has 0 unspecified atom stereocenters. The van der Waals surface area contributed by atoms with Crippen LogP contribution in [0.15, 0.2) is 18.3 Å². The number of hydrogen-bond donors (Lipinski definition) is 1. The predicted molar refractivity (Wildman–Crippen MR) is 63.2 cm³/mol. The van der Waals surface area contributed by atoms with Crippen molar-refractivity contribution in [1.29, 1.82) is 0 Å². The van der Waals surface area contributed by atoms with Gasteiger partial charge in [-0.25, -0.2) is 0 Å². The Balaban J connectivity index is 2.56. The number of aliphatic hydroxyl groups is 1. The van der Waals surface area contributed by atoms with E-state index < -0.39 is 0 Å². The molecule has 1 aromatic rings. The molecule has 1 heterocycles. The maximum absolute atomic E-state index is 8.98. The minimum atomic E-state index is 0.162. The summed E-state index contributed by atoms with van der Waals surface area (Å²) in [6, 6.07) is 3.99. The van der Waals surface area contributed by atoms with E-state index in [0.717, 1.165) is 18.8 Å². The average Bonchev–Trinajstić information content (AvgIpc) is 2.29. The molecule has 0 radical (unpaired) electrons. The van der Waals surface area contributed by atoms with Gasteiger partial charge in [0.15, 0.2) is 0 Å². The lowest BCUT2D eigenvalue weighted by Gasteiger charge is -2.21. The lowest BCUT2D eigenvalue weighted by molar-refractivity contribution is 0.126. The Hall–Kier alpha value is -0.970. The van der Waals surface area contributed by atoms with Crippen LogP contribution in [0.1, 0.15) is 11.3 Å². The van der Waals surface area contributed by atoms with Crippen LogP contribution < -0.4 is 0 Å². The van der Waals surface area contributed by atoms with Crippen LogP contribution in [0.3, 0.4) is 0 Å². The van der Waals surface area contributed by atoms with Gasteiger partial charge in [-0.05, 0) is 18.6 Å². The molecule has 0 aromatic carbocycles. The van der Waals surface area contributed by atoms with E-state index in [1.807, 2.05) is 6.07 Å². The number of aryl methyl sites for hydroxylation is 1. The van der Waals surface area contributed by atoms with Crippen LogP contribution in [0.5, 0.6) is 0 Å². The molecular weight excluding hydrogens is 204 g/mol. The first-order valence-electron chi connectivity index (χ1n) is 5.50. The second-order valence-electron chi connectivity index (χ2n) is 3.76. The third kappa shape index (κ3) is 4.26. The molecule has 16 heavy (non-hydrogen) atoms. The molecule has 0 saturated heterocycles. The third-order valence-electron chi connectivity index (χ3n) is 2.52. The van der Waals surface area contributed by atoms with Crippen molar-refractivity contribution in [3.63, 3.8) is 0 Å². The Labute approximate surface area is 96.9 Å². The van der Waals surface area contributed by atoms with Gasteiger partial charge in [0.25, 0.3) is 0 Å². The van der Waals surface area contributed by atoms with Gasteiger partial charge in [0.05, 0.1) is 18.9 Å². The maximum Gasteiger partial charge on any atom is 0.0589 e. The predicted octanol–water partition coefficient (Wildman–Crippen LogP) is 0.831. The van der Waals surface area contributed by atoms with Crippen molar-refractivity contribution in [3.05, 3.63) is 29.6 Å². The molecule has 0 aliphatic carbocycles. The van der Waals surface area contributed by atoms with Crippen LogP contribution in [0.4, 0.5) is 0 Å². The summed E-state index contributed by atoms with van der Waals surface area (Å²) in [6.07, 6.45) is 1.80. The molecule has 4 nitrogen and oxygen atoms in total. The van der Waals surface area contributed by atoms with E-state index in [4.69, 9.17) is 9.84 Å². The van der Waals surface area contributed by atoms with Crippen molar-refractivity contribution >= 4 is 0 Å². The molecule has 1 rings (SSSR count). The second-order valence-corrected chi connectivity index (χ2v) is 3.76. The summed E-state index contributed by atoms with van der Waals surface area (Å²) in [5, 5.41) is 8.98. The Morgan fingerprint density at radius 2 is 2.25 bits per heavy atom. The summed E-state index contributed by atoms with van der Waals surface area (Å²) in [4.78, 5) is 6.48. The summed E-state index contributed by atoms with van der Waals surface area (Å²) >= 11 is 0. The Morgan fingerprint density at radius 1 is 1.44 bits per heavy atom. The van der Waals surface area contributed by atoms with Crippen LogP contribution >= 0.6 is 0 Å². The fourth-order valence-corrected chi connectivity index (χ4v) is 1.53. The van der Waals surface area contributed by atoms with E-state index in [2.05, 4.69) is 22.9 Å². The number of ether oxygens (including phenoxy) is 1. The maximum atomic E-state index is 8.98. The lowest BCUT2D eigenvalue weighted by atomic mass is 10.2. The largest absolute Gasteiger partial charge is 0.395 e. The highest BCUT2D eigenvalue weighted by atomic mass is 16.5. The zero-order chi connectivity index (χ0) is 11.8. The zero-order valence-corrected chi connectivity index (χ0v) is 10.0. The molecule has 4 heteroatoms. The van der Waals surface area contributed by atoms with E-state index in [1.165, 1.54) is 5.56 Å². The molecule has 0 fully saturated rings. The van der Waals surface area contributed by atoms with Crippen molar-refractivity contribution in [2.45, 2.75) is 13.5 Å². The van der Waals surface area contributed by atoms with Crippen molar-refractivity contribution in [1.82, 2.24) is 9.88 Å². The van der Waals surface area contributed by atoms with E-state index in [1.54, 1.807) is 13.3 Å². The molecule has 0 bridgehead atoms. The third-order valence-corrected chi connectivity index (χ3v) is 2.52. The minimum absolute atomic E-state index is 0.162. The van der Waals surface area contributed by atoms with Crippen molar-refractivity contribution in [2.24, 2.45) is 0 Å². The number of pyridine rings is 1. The number of rotatable bonds is 7. The molecule has 0 aliphatic heterocycles. The van der Waals surface area contributed by atoms with Gasteiger partial charge in [-0.2, -0.15) is 0 Å². The average molecular weight is 224 g/mol. The second kappa shape index (κ2) is 7.33. The van der Waals surface area contributed by atoms with Crippen molar-refractivity contribution in [3.8, 4) is 0 Å². The highest BCUT2D eigenvalue weighted by Gasteiger charge is 2.07. The number of hydrogen-bond acceptors (Lipinski definition) is 4. The van der Waals surface area contributed by atoms with Crippen LogP contribution in [-0.2, 0) is 11.3 Å². The summed E-state index contributed by atoms with van der Waals surface area (Å²) in [5.74, 6) is 0. The molecule has 0 amide bonds. The van der Waals surface area contributed by atoms with E-state index in [-0.39, 0.29) is 6.61 Å². The highest BCUT2D eigenvalue weighted by molar-refractivity contribution is 5.17. The first-order chi connectivity index (χ1) is 7.77. The summed E-state index contributed by atoms with van der Waals surface area (Å²) in [7, 11) is 1.68. The quantitative estimate of drug-likeness (QED) is 0.745. The topological polar surface area (TPSA) is 45.6 Å². The lowest BCUT2D eigenvalue weighted by Crippen LogP contribution is -2.30. The van der Waals surface area contributed by atoms with Gasteiger partial charge in [0.2, 0.25) is 0 Å². The van der Waals surface area contributed by atoms with Gasteiger partial charge in [0.1, 0.15) is 0 Å². The van der Waals surface area contributed by atoms with Crippen LogP contribution in [-0.4, -0.2) is 48.4 Å². The highest BCUT2D eigenvalue weighted by Crippen LogP contribution is 2.06. The molecule has 1 N–H and O–H groups in total. The zero-order valence-electron chi connectivity index (χ0n) is 10.0. The summed E-state index contributed by atoms with van der Waals surface area (Å²) in [6.45, 7) is 5.11. The summed E-state index contributed by atoms with van der Waals surface area (Å²) < 4.78 is 5.04. The van der Waals surface area contributed by atoms with Gasteiger partial charge < -0.3 is 9.84 Å².